The first kappa shape index (κ1) is 17.6. The number of amides is 1. The summed E-state index contributed by atoms with van der Waals surface area (Å²) in [7, 11) is 0. The molecular weight excluding hydrogens is 328 g/mol. The van der Waals surface area contributed by atoms with Crippen LogP contribution >= 0.6 is 0 Å². The van der Waals surface area contributed by atoms with Crippen molar-refractivity contribution in [3.63, 3.8) is 0 Å². The van der Waals surface area contributed by atoms with Crippen molar-refractivity contribution in [2.24, 2.45) is 0 Å². The van der Waals surface area contributed by atoms with Gasteiger partial charge in [-0.25, -0.2) is 4.79 Å². The van der Waals surface area contributed by atoms with Crippen LogP contribution in [0.3, 0.4) is 0 Å². The maximum atomic E-state index is 12.5. The van der Waals surface area contributed by atoms with Crippen LogP contribution < -0.4 is 4.90 Å². The van der Waals surface area contributed by atoms with Crippen molar-refractivity contribution >= 4 is 11.8 Å². The highest BCUT2D eigenvalue weighted by atomic mass is 16.6. The lowest BCUT2D eigenvalue weighted by Gasteiger charge is -2.37. The Morgan fingerprint density at radius 3 is 2.50 bits per heavy atom. The van der Waals surface area contributed by atoms with Gasteiger partial charge in [0, 0.05) is 43.8 Å². The third-order valence-electron chi connectivity index (χ3n) is 6.01. The monoisotopic (exact) mass is 358 g/mol. The molecule has 1 atom stereocenters. The first-order valence-electron chi connectivity index (χ1n) is 10.00. The maximum absolute atomic E-state index is 12.5. The second-order valence-corrected chi connectivity index (χ2v) is 8.21. The van der Waals surface area contributed by atoms with Crippen molar-refractivity contribution in [1.82, 2.24) is 14.8 Å². The molecule has 4 rings (SSSR count). The van der Waals surface area contributed by atoms with Crippen molar-refractivity contribution in [1.29, 1.82) is 0 Å². The van der Waals surface area contributed by atoms with E-state index in [0.717, 1.165) is 52.1 Å². The second-order valence-electron chi connectivity index (χ2n) is 8.21. The van der Waals surface area contributed by atoms with E-state index in [4.69, 9.17) is 4.74 Å². The predicted molar refractivity (Wildman–Crippen MR) is 101 cm³/mol. The molecule has 3 fully saturated rings. The summed E-state index contributed by atoms with van der Waals surface area (Å²) >= 11 is 0. The smallest absolute Gasteiger partial charge is 0.410 e. The van der Waals surface area contributed by atoms with Gasteiger partial charge >= 0.3 is 6.09 Å². The van der Waals surface area contributed by atoms with E-state index in [9.17, 15) is 4.79 Å². The fraction of sp³-hybridized carbons (Fsp3) is 0.700. The van der Waals surface area contributed by atoms with Gasteiger partial charge in [-0.15, -0.1) is 0 Å². The zero-order valence-corrected chi connectivity index (χ0v) is 15.8. The van der Waals surface area contributed by atoms with Gasteiger partial charge in [0.05, 0.1) is 6.54 Å². The van der Waals surface area contributed by atoms with E-state index in [2.05, 4.69) is 33.8 Å². The molecule has 142 valence electrons. The number of hydrogen-bond donors (Lipinski definition) is 0. The number of anilines is 1. The summed E-state index contributed by atoms with van der Waals surface area (Å²) in [4.78, 5) is 23.5. The third kappa shape index (κ3) is 3.80. The van der Waals surface area contributed by atoms with E-state index in [1.54, 1.807) is 0 Å². The second kappa shape index (κ2) is 7.43. The van der Waals surface area contributed by atoms with Crippen molar-refractivity contribution in [3.05, 3.63) is 24.5 Å². The van der Waals surface area contributed by atoms with Crippen molar-refractivity contribution in [2.45, 2.75) is 50.7 Å². The summed E-state index contributed by atoms with van der Waals surface area (Å²) in [5.41, 5.74) is 0.855. The minimum Gasteiger partial charge on any atom is -0.440 e. The third-order valence-corrected chi connectivity index (χ3v) is 6.01. The summed E-state index contributed by atoms with van der Waals surface area (Å²) in [6, 6.07) is 4.41. The van der Waals surface area contributed by atoms with Gasteiger partial charge in [-0.3, -0.25) is 9.88 Å². The lowest BCUT2D eigenvalue weighted by Crippen LogP contribution is -2.48. The number of nitrogens with zero attached hydrogens (tertiary/aromatic N) is 4. The van der Waals surface area contributed by atoms with Gasteiger partial charge in [-0.2, -0.15) is 0 Å². The summed E-state index contributed by atoms with van der Waals surface area (Å²) in [5.74, 6) is 0. The lowest BCUT2D eigenvalue weighted by atomic mass is 10.00. The highest BCUT2D eigenvalue weighted by Gasteiger charge is 2.45. The fourth-order valence-electron chi connectivity index (χ4n) is 4.67. The number of hydrogen-bond acceptors (Lipinski definition) is 5. The molecule has 0 spiro atoms. The van der Waals surface area contributed by atoms with E-state index in [0.29, 0.717) is 6.04 Å². The zero-order chi connectivity index (χ0) is 18.0. The fourth-order valence-corrected chi connectivity index (χ4v) is 4.67. The molecule has 1 aromatic rings. The number of carbonyl (C=O) groups excluding carboxylic acids is 1. The molecule has 0 unspecified atom stereocenters. The molecule has 0 aliphatic carbocycles. The Hall–Kier alpha value is -1.82. The van der Waals surface area contributed by atoms with Gasteiger partial charge in [0.15, 0.2) is 0 Å². The van der Waals surface area contributed by atoms with E-state index >= 15 is 0 Å². The molecule has 3 saturated heterocycles. The standard InChI is InChI=1S/C20H30N4O2/c1-20(15-22-11-3-2-4-12-22)16-24(19(25)26-20)18-7-13-23(14-8-18)17-5-9-21-10-6-17/h5-6,9-10,18H,2-4,7-8,11-16H2,1H3/t20-/m0/s1. The largest absolute Gasteiger partial charge is 0.440 e. The van der Waals surface area contributed by atoms with Gasteiger partial charge in [0.1, 0.15) is 5.60 Å². The summed E-state index contributed by atoms with van der Waals surface area (Å²) in [5, 5.41) is 0. The Morgan fingerprint density at radius 2 is 1.81 bits per heavy atom. The maximum Gasteiger partial charge on any atom is 0.410 e. The lowest BCUT2D eigenvalue weighted by molar-refractivity contribution is 0.0322. The molecular formula is C20H30N4O2. The van der Waals surface area contributed by atoms with Crippen LogP contribution in [-0.2, 0) is 4.74 Å². The minimum atomic E-state index is -0.364. The molecule has 0 radical (unpaired) electrons. The Balaban J connectivity index is 1.33. The van der Waals surface area contributed by atoms with Gasteiger partial charge in [0.25, 0.3) is 0 Å². The molecule has 26 heavy (non-hydrogen) atoms. The van der Waals surface area contributed by atoms with Gasteiger partial charge in [0.2, 0.25) is 0 Å². The van der Waals surface area contributed by atoms with Crippen molar-refractivity contribution in [3.8, 4) is 0 Å². The number of ether oxygens (including phenoxy) is 1. The van der Waals surface area contributed by atoms with Crippen LogP contribution in [0.2, 0.25) is 0 Å². The molecule has 0 saturated carbocycles. The van der Waals surface area contributed by atoms with Crippen LogP contribution in [0.15, 0.2) is 24.5 Å². The van der Waals surface area contributed by atoms with E-state index in [-0.39, 0.29) is 11.7 Å². The number of pyridine rings is 1. The molecule has 0 aromatic carbocycles. The minimum absolute atomic E-state index is 0.119. The number of cyclic esters (lactones) is 1. The van der Waals surface area contributed by atoms with E-state index in [1.165, 1.54) is 24.9 Å². The molecule has 1 aromatic heterocycles. The molecule has 3 aliphatic heterocycles. The molecule has 1 amide bonds. The van der Waals surface area contributed by atoms with Gasteiger partial charge < -0.3 is 14.5 Å². The average molecular weight is 358 g/mol. The summed E-state index contributed by atoms with van der Waals surface area (Å²) in [6.07, 6.45) is 9.41. The average Bonchev–Trinajstić information content (AvgIpc) is 2.97. The normalized spacial score (nSPS) is 28.4. The number of likely N-dealkylation sites (tertiary alicyclic amines) is 1. The quantitative estimate of drug-likeness (QED) is 0.828. The highest BCUT2D eigenvalue weighted by molar-refractivity contribution is 5.71. The van der Waals surface area contributed by atoms with Crippen molar-refractivity contribution < 1.29 is 9.53 Å². The first-order valence-corrected chi connectivity index (χ1v) is 10.00. The number of aromatic nitrogens is 1. The first-order chi connectivity index (χ1) is 12.6. The van der Waals surface area contributed by atoms with Crippen LogP contribution in [0.1, 0.15) is 39.0 Å². The Labute approximate surface area is 156 Å². The van der Waals surface area contributed by atoms with Crippen LogP contribution in [0.5, 0.6) is 0 Å². The molecule has 0 N–H and O–H groups in total. The molecule has 4 heterocycles. The number of carbonyl (C=O) groups is 1. The SMILES string of the molecule is C[C@]1(CN2CCCCC2)CN(C2CCN(c3ccncc3)CC2)C(=O)O1. The Morgan fingerprint density at radius 1 is 1.12 bits per heavy atom. The van der Waals surface area contributed by atoms with Crippen LogP contribution in [0, 0.1) is 0 Å². The topological polar surface area (TPSA) is 48.9 Å². The van der Waals surface area contributed by atoms with E-state index in [1.807, 2.05) is 17.3 Å². The van der Waals surface area contributed by atoms with E-state index < -0.39 is 0 Å². The van der Waals surface area contributed by atoms with Crippen molar-refractivity contribution in [2.75, 3.05) is 44.2 Å². The zero-order valence-electron chi connectivity index (χ0n) is 15.8. The highest BCUT2D eigenvalue weighted by Crippen LogP contribution is 2.30. The summed E-state index contributed by atoms with van der Waals surface area (Å²) < 4.78 is 5.85. The summed E-state index contributed by atoms with van der Waals surface area (Å²) in [6.45, 7) is 7.91. The van der Waals surface area contributed by atoms with Gasteiger partial charge in [-0.1, -0.05) is 6.42 Å². The molecule has 6 nitrogen and oxygen atoms in total. The predicted octanol–water partition coefficient (Wildman–Crippen LogP) is 2.75. The Kier molecular flexibility index (Phi) is 5.02. The van der Waals surface area contributed by atoms with Crippen LogP contribution in [0.4, 0.5) is 10.5 Å². The molecule has 3 aliphatic rings. The number of piperidine rings is 2. The molecule has 0 bridgehead atoms. The molecule has 6 heteroatoms. The Bertz CT molecular complexity index is 611. The number of rotatable bonds is 4. The van der Waals surface area contributed by atoms with Crippen LogP contribution in [-0.4, -0.2) is 71.8 Å². The van der Waals surface area contributed by atoms with Gasteiger partial charge in [-0.05, 0) is 57.8 Å². The van der Waals surface area contributed by atoms with Crippen LogP contribution in [0.25, 0.3) is 0 Å².